The Morgan fingerprint density at radius 1 is 0.837 bits per heavy atom. The van der Waals surface area contributed by atoms with Gasteiger partial charge in [0.05, 0.1) is 0 Å². The maximum atomic E-state index is 14.8. The number of alkyl carbamates (subject to hydrolysis) is 1. The number of anilines is 1. The van der Waals surface area contributed by atoms with Crippen LogP contribution in [-0.4, -0.2) is 40.5 Å². The first-order chi connectivity index (χ1) is 20.0. The molecule has 2 N–H and O–H groups in total. The lowest BCUT2D eigenvalue weighted by Gasteiger charge is -2.41. The van der Waals surface area contributed by atoms with E-state index in [0.29, 0.717) is 18.8 Å². The molecule has 0 radical (unpaired) electrons. The Morgan fingerprint density at radius 2 is 1.35 bits per heavy atom. The Labute approximate surface area is 260 Å². The third kappa shape index (κ3) is 9.84. The van der Waals surface area contributed by atoms with E-state index in [1.54, 1.807) is 25.7 Å². The quantitative estimate of drug-likeness (QED) is 0.260. The molecule has 7 nitrogen and oxygen atoms in total. The van der Waals surface area contributed by atoms with Gasteiger partial charge in [-0.2, -0.15) is 0 Å². The van der Waals surface area contributed by atoms with E-state index in [0.717, 1.165) is 39.9 Å². The van der Waals surface area contributed by atoms with Crippen molar-refractivity contribution in [3.63, 3.8) is 0 Å². The minimum absolute atomic E-state index is 0.194. The largest absolute Gasteiger partial charge is 0.444 e. The molecule has 2 aromatic rings. The molecule has 0 aliphatic carbocycles. The van der Waals surface area contributed by atoms with Crippen molar-refractivity contribution in [3.8, 4) is 0 Å². The fraction of sp³-hybridized carbons (Fsp3) is 0.583. The van der Waals surface area contributed by atoms with Gasteiger partial charge in [0.25, 0.3) is 5.91 Å². The van der Waals surface area contributed by atoms with Crippen LogP contribution in [-0.2, 0) is 14.3 Å². The molecule has 0 fully saturated rings. The molecule has 238 valence electrons. The molecular formula is C36H55N3O4. The molecule has 0 aromatic heterocycles. The maximum absolute atomic E-state index is 14.8. The Hall–Kier alpha value is -3.35. The summed E-state index contributed by atoms with van der Waals surface area (Å²) in [6.45, 7) is 23.5. The van der Waals surface area contributed by atoms with Crippen molar-refractivity contribution in [2.45, 2.75) is 126 Å². The number of rotatable bonds is 12. The first-order valence-corrected chi connectivity index (χ1v) is 15.7. The Morgan fingerprint density at radius 3 is 1.81 bits per heavy atom. The molecule has 4 unspecified atom stereocenters. The molecule has 0 saturated heterocycles. The standard InChI is InChI=1S/C36H55N3O4/c1-13-23(4)31(38-35(42)43-36(10,11)12)34(41)39(28(9)21-20-22(2)3)32(29-24(5)16-14-17-25(29)6)33(40)37-30-26(7)18-15-19-27(30)8/h14-19,22-23,28,31-32H,13,20-21H2,1-12H3,(H,37,40)(H,38,42). The smallest absolute Gasteiger partial charge is 0.408 e. The molecule has 3 amide bonds. The van der Waals surface area contributed by atoms with Crippen LogP contribution >= 0.6 is 0 Å². The van der Waals surface area contributed by atoms with Gasteiger partial charge < -0.3 is 20.3 Å². The summed E-state index contributed by atoms with van der Waals surface area (Å²) in [5.74, 6) is -0.340. The number of ether oxygens (including phenoxy) is 1. The van der Waals surface area contributed by atoms with Gasteiger partial charge in [-0.1, -0.05) is 70.5 Å². The number of nitrogens with one attached hydrogen (secondary N) is 2. The predicted molar refractivity (Wildman–Crippen MR) is 176 cm³/mol. The van der Waals surface area contributed by atoms with Crippen LogP contribution in [0.4, 0.5) is 10.5 Å². The molecule has 7 heteroatoms. The number of benzene rings is 2. The van der Waals surface area contributed by atoms with Crippen LogP contribution in [0.25, 0.3) is 0 Å². The highest BCUT2D eigenvalue weighted by atomic mass is 16.6. The van der Waals surface area contributed by atoms with Gasteiger partial charge in [-0.05, 0) is 108 Å². The van der Waals surface area contributed by atoms with Crippen LogP contribution in [0.5, 0.6) is 0 Å². The van der Waals surface area contributed by atoms with E-state index >= 15 is 0 Å². The van der Waals surface area contributed by atoms with Crippen molar-refractivity contribution >= 4 is 23.6 Å². The van der Waals surface area contributed by atoms with Crippen molar-refractivity contribution < 1.29 is 19.1 Å². The highest BCUT2D eigenvalue weighted by molar-refractivity contribution is 6.00. The van der Waals surface area contributed by atoms with Crippen molar-refractivity contribution in [1.82, 2.24) is 10.2 Å². The van der Waals surface area contributed by atoms with Crippen LogP contribution < -0.4 is 10.6 Å². The van der Waals surface area contributed by atoms with Gasteiger partial charge in [-0.25, -0.2) is 4.79 Å². The number of aryl methyl sites for hydroxylation is 4. The molecule has 0 aliphatic heterocycles. The number of hydrogen-bond acceptors (Lipinski definition) is 4. The Bertz CT molecular complexity index is 1220. The number of para-hydroxylation sites is 1. The lowest BCUT2D eigenvalue weighted by Crippen LogP contribution is -2.57. The zero-order valence-corrected chi connectivity index (χ0v) is 28.6. The predicted octanol–water partition coefficient (Wildman–Crippen LogP) is 8.19. The fourth-order valence-electron chi connectivity index (χ4n) is 5.45. The van der Waals surface area contributed by atoms with Crippen molar-refractivity contribution in [2.24, 2.45) is 11.8 Å². The zero-order chi connectivity index (χ0) is 32.6. The van der Waals surface area contributed by atoms with E-state index in [4.69, 9.17) is 4.74 Å². The molecule has 0 aliphatic rings. The van der Waals surface area contributed by atoms with Gasteiger partial charge >= 0.3 is 6.09 Å². The minimum Gasteiger partial charge on any atom is -0.444 e. The third-order valence-electron chi connectivity index (χ3n) is 8.11. The summed E-state index contributed by atoms with van der Waals surface area (Å²) in [7, 11) is 0. The van der Waals surface area contributed by atoms with Crippen LogP contribution in [0.2, 0.25) is 0 Å². The van der Waals surface area contributed by atoms with Crippen LogP contribution in [0.15, 0.2) is 36.4 Å². The lowest BCUT2D eigenvalue weighted by atomic mass is 9.90. The van der Waals surface area contributed by atoms with Gasteiger partial charge in [0.1, 0.15) is 17.7 Å². The summed E-state index contributed by atoms with van der Waals surface area (Å²) in [5, 5.41) is 6.08. The molecule has 4 atom stereocenters. The van der Waals surface area contributed by atoms with Gasteiger partial charge in [-0.3, -0.25) is 9.59 Å². The number of carbonyl (C=O) groups excluding carboxylic acids is 3. The molecule has 0 spiro atoms. The Balaban J connectivity index is 2.77. The SMILES string of the molecule is CCC(C)C(NC(=O)OC(C)(C)C)C(=O)N(C(C)CCC(C)C)C(C(=O)Nc1c(C)cccc1C)c1c(C)cccc1C. The van der Waals surface area contributed by atoms with Crippen LogP contribution in [0.3, 0.4) is 0 Å². The summed E-state index contributed by atoms with van der Waals surface area (Å²) in [6, 6.07) is 9.75. The molecule has 2 rings (SSSR count). The van der Waals surface area contributed by atoms with Crippen molar-refractivity contribution in [2.75, 3.05) is 5.32 Å². The second-order valence-electron chi connectivity index (χ2n) is 13.5. The number of carbonyl (C=O) groups is 3. The number of hydrogen-bond donors (Lipinski definition) is 2. The Kier molecular flexibility index (Phi) is 12.8. The summed E-state index contributed by atoms with van der Waals surface area (Å²) in [5.41, 5.74) is 4.58. The molecule has 0 heterocycles. The average molecular weight is 594 g/mol. The summed E-state index contributed by atoms with van der Waals surface area (Å²) >= 11 is 0. The third-order valence-corrected chi connectivity index (χ3v) is 8.11. The zero-order valence-electron chi connectivity index (χ0n) is 28.6. The van der Waals surface area contributed by atoms with Gasteiger partial charge in [0.15, 0.2) is 0 Å². The van der Waals surface area contributed by atoms with Gasteiger partial charge in [0.2, 0.25) is 5.91 Å². The van der Waals surface area contributed by atoms with Crippen LogP contribution in [0, 0.1) is 39.5 Å². The van der Waals surface area contributed by atoms with Crippen LogP contribution in [0.1, 0.15) is 109 Å². The van der Waals surface area contributed by atoms with E-state index < -0.39 is 23.8 Å². The summed E-state index contributed by atoms with van der Waals surface area (Å²) < 4.78 is 5.57. The van der Waals surface area contributed by atoms with Gasteiger partial charge in [-0.15, -0.1) is 0 Å². The number of amides is 3. The lowest BCUT2D eigenvalue weighted by molar-refractivity contribution is -0.144. The number of nitrogens with zero attached hydrogens (tertiary/aromatic N) is 1. The van der Waals surface area contributed by atoms with Crippen molar-refractivity contribution in [1.29, 1.82) is 0 Å². The highest BCUT2D eigenvalue weighted by Gasteiger charge is 2.41. The van der Waals surface area contributed by atoms with E-state index in [1.165, 1.54) is 0 Å². The molecule has 0 bridgehead atoms. The fourth-order valence-corrected chi connectivity index (χ4v) is 5.45. The van der Waals surface area contributed by atoms with Crippen molar-refractivity contribution in [3.05, 3.63) is 64.2 Å². The molecule has 43 heavy (non-hydrogen) atoms. The first-order valence-electron chi connectivity index (χ1n) is 15.7. The van der Waals surface area contributed by atoms with E-state index in [-0.39, 0.29) is 23.8 Å². The second-order valence-corrected chi connectivity index (χ2v) is 13.5. The van der Waals surface area contributed by atoms with E-state index in [2.05, 4.69) is 24.5 Å². The van der Waals surface area contributed by atoms with E-state index in [9.17, 15) is 14.4 Å². The monoisotopic (exact) mass is 593 g/mol. The second kappa shape index (κ2) is 15.4. The van der Waals surface area contributed by atoms with Gasteiger partial charge in [0, 0.05) is 11.7 Å². The molecule has 0 saturated carbocycles. The topological polar surface area (TPSA) is 87.7 Å². The molecule has 2 aromatic carbocycles. The maximum Gasteiger partial charge on any atom is 0.408 e. The summed E-state index contributed by atoms with van der Waals surface area (Å²) in [6.07, 6.45) is 1.60. The normalized spacial score (nSPS) is 14.4. The summed E-state index contributed by atoms with van der Waals surface area (Å²) in [4.78, 5) is 44.1. The first kappa shape index (κ1) is 35.8. The van der Waals surface area contributed by atoms with E-state index in [1.807, 2.05) is 84.9 Å². The molecular weight excluding hydrogens is 538 g/mol. The average Bonchev–Trinajstić information content (AvgIpc) is 2.90. The minimum atomic E-state index is -0.915. The highest BCUT2D eigenvalue weighted by Crippen LogP contribution is 2.34.